The molecule has 3 unspecified atom stereocenters. The fourth-order valence-electron chi connectivity index (χ4n) is 4.39. The summed E-state index contributed by atoms with van der Waals surface area (Å²) in [7, 11) is 0. The summed E-state index contributed by atoms with van der Waals surface area (Å²) in [4.78, 5) is 10.6. The van der Waals surface area contributed by atoms with Gasteiger partial charge in [-0.05, 0) is 53.8 Å². The molecule has 0 spiro atoms. The third-order valence-corrected chi connectivity index (χ3v) is 5.78. The topological polar surface area (TPSA) is 64.4 Å². The van der Waals surface area contributed by atoms with E-state index in [4.69, 9.17) is 4.74 Å². The monoisotopic (exact) mass is 384 g/mol. The van der Waals surface area contributed by atoms with Gasteiger partial charge in [0.05, 0.1) is 11.0 Å². The quantitative estimate of drug-likeness (QED) is 0.330. The molecule has 0 amide bonds. The van der Waals surface area contributed by atoms with E-state index in [0.29, 0.717) is 11.8 Å². The zero-order valence-corrected chi connectivity index (χ0v) is 15.7. The van der Waals surface area contributed by atoms with Gasteiger partial charge in [0.15, 0.2) is 0 Å². The van der Waals surface area contributed by atoms with E-state index in [9.17, 15) is 10.1 Å². The first-order valence-electron chi connectivity index (χ1n) is 9.73. The van der Waals surface area contributed by atoms with Gasteiger partial charge in [-0.15, -0.1) is 0 Å². The third-order valence-electron chi connectivity index (χ3n) is 5.78. The molecule has 0 radical (unpaired) electrons. The maximum atomic E-state index is 11.0. The van der Waals surface area contributed by atoms with E-state index in [-0.39, 0.29) is 16.7 Å². The van der Waals surface area contributed by atoms with E-state index in [1.165, 1.54) is 5.56 Å². The molecule has 5 rings (SSSR count). The fraction of sp³-hybridized carbons (Fsp3) is 0.167. The number of nitrogens with one attached hydrogen (secondary N) is 1. The highest BCUT2D eigenvalue weighted by Crippen LogP contribution is 2.50. The summed E-state index contributed by atoms with van der Waals surface area (Å²) in [5, 5.41) is 14.6. The molecule has 0 aromatic heterocycles. The number of rotatable bonds is 4. The van der Waals surface area contributed by atoms with Gasteiger partial charge >= 0.3 is 0 Å². The van der Waals surface area contributed by atoms with Crippen LogP contribution in [0.1, 0.15) is 29.5 Å². The van der Waals surface area contributed by atoms with Crippen LogP contribution >= 0.6 is 0 Å². The standard InChI is InChI=1S/C24H20N2O3/c27-26(28)17-11-9-16(10-12-17)24-21-8-4-7-20(21)22-15-19(13-14-23(22)25-24)29-18-5-2-1-3-6-18/h1-7,9-15,20-21,24-25H,8H2. The Kier molecular flexibility index (Phi) is 4.28. The first kappa shape index (κ1) is 17.5. The van der Waals surface area contributed by atoms with Crippen molar-refractivity contribution in [1.29, 1.82) is 0 Å². The van der Waals surface area contributed by atoms with Gasteiger partial charge in [-0.2, -0.15) is 0 Å². The van der Waals surface area contributed by atoms with Crippen molar-refractivity contribution < 1.29 is 9.66 Å². The molecule has 0 saturated carbocycles. The highest BCUT2D eigenvalue weighted by molar-refractivity contribution is 5.62. The van der Waals surface area contributed by atoms with E-state index < -0.39 is 0 Å². The van der Waals surface area contributed by atoms with E-state index in [1.807, 2.05) is 48.5 Å². The minimum atomic E-state index is -0.360. The summed E-state index contributed by atoms with van der Waals surface area (Å²) in [6.07, 6.45) is 5.48. The smallest absolute Gasteiger partial charge is 0.269 e. The summed E-state index contributed by atoms with van der Waals surface area (Å²) in [5.74, 6) is 2.31. The molecule has 144 valence electrons. The van der Waals surface area contributed by atoms with Gasteiger partial charge in [-0.25, -0.2) is 0 Å². The molecule has 3 aromatic carbocycles. The lowest BCUT2D eigenvalue weighted by Gasteiger charge is -2.37. The summed E-state index contributed by atoms with van der Waals surface area (Å²) < 4.78 is 6.02. The lowest BCUT2D eigenvalue weighted by molar-refractivity contribution is -0.384. The Labute approximate surface area is 168 Å². The van der Waals surface area contributed by atoms with Gasteiger partial charge in [0.25, 0.3) is 5.69 Å². The van der Waals surface area contributed by atoms with Gasteiger partial charge in [0.1, 0.15) is 11.5 Å². The number of ether oxygens (including phenoxy) is 1. The number of hydrogen-bond donors (Lipinski definition) is 1. The minimum Gasteiger partial charge on any atom is -0.457 e. The second-order valence-corrected chi connectivity index (χ2v) is 7.49. The van der Waals surface area contributed by atoms with Gasteiger partial charge in [0, 0.05) is 23.7 Å². The van der Waals surface area contributed by atoms with Crippen LogP contribution in [0.3, 0.4) is 0 Å². The van der Waals surface area contributed by atoms with Crippen LogP contribution in [-0.4, -0.2) is 4.92 Å². The van der Waals surface area contributed by atoms with Crippen molar-refractivity contribution in [2.45, 2.75) is 18.4 Å². The number of non-ortho nitro benzene ring substituents is 1. The van der Waals surface area contributed by atoms with Crippen LogP contribution in [0.15, 0.2) is 84.9 Å². The summed E-state index contributed by atoms with van der Waals surface area (Å²) >= 11 is 0. The van der Waals surface area contributed by atoms with Crippen LogP contribution in [-0.2, 0) is 0 Å². The average molecular weight is 384 g/mol. The third kappa shape index (κ3) is 3.25. The largest absolute Gasteiger partial charge is 0.457 e. The Hall–Kier alpha value is -3.60. The van der Waals surface area contributed by atoms with Gasteiger partial charge in [0.2, 0.25) is 0 Å². The highest BCUT2D eigenvalue weighted by atomic mass is 16.6. The molecule has 3 aromatic rings. The molecule has 29 heavy (non-hydrogen) atoms. The van der Waals surface area contributed by atoms with E-state index in [0.717, 1.165) is 29.2 Å². The van der Waals surface area contributed by atoms with Crippen LogP contribution in [0.2, 0.25) is 0 Å². The Bertz CT molecular complexity index is 1080. The van der Waals surface area contributed by atoms with E-state index >= 15 is 0 Å². The molecule has 5 heteroatoms. The zero-order valence-electron chi connectivity index (χ0n) is 15.7. The number of anilines is 1. The predicted octanol–water partition coefficient (Wildman–Crippen LogP) is 6.21. The Morgan fingerprint density at radius 1 is 0.966 bits per heavy atom. The van der Waals surface area contributed by atoms with Crippen molar-refractivity contribution in [3.63, 3.8) is 0 Å². The Balaban J connectivity index is 1.46. The number of hydrogen-bond acceptors (Lipinski definition) is 4. The van der Waals surface area contributed by atoms with Gasteiger partial charge in [-0.3, -0.25) is 10.1 Å². The highest BCUT2D eigenvalue weighted by Gasteiger charge is 2.38. The minimum absolute atomic E-state index is 0.115. The average Bonchev–Trinajstić information content (AvgIpc) is 3.24. The van der Waals surface area contributed by atoms with Crippen LogP contribution < -0.4 is 10.1 Å². The number of benzene rings is 3. The van der Waals surface area contributed by atoms with Crippen LogP contribution in [0.4, 0.5) is 11.4 Å². The molecule has 5 nitrogen and oxygen atoms in total. The van der Waals surface area contributed by atoms with Crippen LogP contribution in [0, 0.1) is 16.0 Å². The van der Waals surface area contributed by atoms with E-state index in [1.54, 1.807) is 12.1 Å². The molecule has 0 saturated heterocycles. The molecular formula is C24H20N2O3. The molecular weight excluding hydrogens is 364 g/mol. The maximum absolute atomic E-state index is 11.0. The lowest BCUT2D eigenvalue weighted by Crippen LogP contribution is -2.29. The maximum Gasteiger partial charge on any atom is 0.269 e. The Morgan fingerprint density at radius 3 is 2.52 bits per heavy atom. The zero-order chi connectivity index (χ0) is 19.8. The predicted molar refractivity (Wildman–Crippen MR) is 112 cm³/mol. The van der Waals surface area contributed by atoms with Crippen LogP contribution in [0.5, 0.6) is 11.5 Å². The lowest BCUT2D eigenvalue weighted by atomic mass is 9.77. The van der Waals surface area contributed by atoms with Crippen molar-refractivity contribution in [3.05, 3.63) is 106 Å². The number of allylic oxidation sites excluding steroid dienone is 2. The van der Waals surface area contributed by atoms with Crippen LogP contribution in [0.25, 0.3) is 0 Å². The first-order valence-corrected chi connectivity index (χ1v) is 9.73. The fourth-order valence-corrected chi connectivity index (χ4v) is 4.39. The number of para-hydroxylation sites is 1. The van der Waals surface area contributed by atoms with Gasteiger partial charge < -0.3 is 10.1 Å². The van der Waals surface area contributed by atoms with Crippen molar-refractivity contribution in [3.8, 4) is 11.5 Å². The number of nitrogens with zero attached hydrogens (tertiary/aromatic N) is 1. The molecule has 3 atom stereocenters. The van der Waals surface area contributed by atoms with Crippen molar-refractivity contribution in [2.75, 3.05) is 5.32 Å². The first-order chi connectivity index (χ1) is 14.2. The van der Waals surface area contributed by atoms with Gasteiger partial charge in [-0.1, -0.05) is 42.5 Å². The Morgan fingerprint density at radius 2 is 1.76 bits per heavy atom. The summed E-state index contributed by atoms with van der Waals surface area (Å²) in [6, 6.07) is 22.9. The van der Waals surface area contributed by atoms with Crippen molar-refractivity contribution in [1.82, 2.24) is 0 Å². The SMILES string of the molecule is O=[N+]([O-])c1ccc(C2Nc3ccc(Oc4ccccc4)cc3C3C=CCC32)cc1. The van der Waals surface area contributed by atoms with E-state index in [2.05, 4.69) is 29.6 Å². The molecule has 1 aliphatic heterocycles. The molecule has 1 N–H and O–H groups in total. The molecule has 0 bridgehead atoms. The second kappa shape index (κ2) is 7.09. The molecule has 0 fully saturated rings. The van der Waals surface area contributed by atoms with Crippen molar-refractivity contribution >= 4 is 11.4 Å². The summed E-state index contributed by atoms with van der Waals surface area (Å²) in [6.45, 7) is 0. The normalized spacial score (nSPS) is 21.7. The molecule has 1 heterocycles. The summed E-state index contributed by atoms with van der Waals surface area (Å²) in [5.41, 5.74) is 3.51. The number of nitro benzene ring substituents is 1. The second-order valence-electron chi connectivity index (χ2n) is 7.49. The van der Waals surface area contributed by atoms with Crippen molar-refractivity contribution in [2.24, 2.45) is 5.92 Å². The number of nitro groups is 1. The molecule has 1 aliphatic carbocycles. The number of fused-ring (bicyclic) bond motifs is 3. The molecule has 2 aliphatic rings.